The van der Waals surface area contributed by atoms with Crippen LogP contribution in [-0.4, -0.2) is 56.4 Å². The Morgan fingerprint density at radius 3 is 1.89 bits per heavy atom. The molecule has 8 rings (SSSR count). The number of hydrogen-bond donors (Lipinski definition) is 3. The Hall–Kier alpha value is -5.44. The van der Waals surface area contributed by atoms with E-state index in [4.69, 9.17) is 11.6 Å². The normalized spacial score (nSPS) is 25.5. The van der Waals surface area contributed by atoms with Gasteiger partial charge in [-0.1, -0.05) is 41.9 Å². The quantitative estimate of drug-likeness (QED) is 0.174. The lowest BCUT2D eigenvalue weighted by Gasteiger charge is -2.54. The van der Waals surface area contributed by atoms with Gasteiger partial charge in [0.05, 0.1) is 29.0 Å². The molecule has 16 heteroatoms. The van der Waals surface area contributed by atoms with Gasteiger partial charge in [0.15, 0.2) is 11.6 Å². The van der Waals surface area contributed by atoms with Crippen molar-refractivity contribution in [2.75, 3.05) is 0 Å². The molecule has 6 nitrogen and oxygen atoms in total. The molecule has 4 aromatic carbocycles. The molecule has 2 aliphatic heterocycles. The van der Waals surface area contributed by atoms with Crippen LogP contribution in [0.15, 0.2) is 78.2 Å². The average molecular weight is 903 g/mol. The number of halogens is 10. The van der Waals surface area contributed by atoms with Crippen molar-refractivity contribution in [1.29, 1.82) is 0 Å². The summed E-state index contributed by atoms with van der Waals surface area (Å²) in [6, 6.07) is 13.3. The fourth-order valence-corrected chi connectivity index (χ4v) is 10.5. The van der Waals surface area contributed by atoms with E-state index in [9.17, 15) is 50.1 Å². The third-order valence-electron chi connectivity index (χ3n) is 13.8. The van der Waals surface area contributed by atoms with Crippen LogP contribution in [0.25, 0.3) is 33.4 Å². The van der Waals surface area contributed by atoms with Crippen LogP contribution in [0, 0.1) is 50.1 Å². The smallest absolute Gasteiger partial charge is 0.391 e. The van der Waals surface area contributed by atoms with Crippen LogP contribution in [0.5, 0.6) is 0 Å². The number of rotatable bonds is 5. The zero-order chi connectivity index (χ0) is 45.7. The number of carbonyl (C=O) groups is 2. The first-order valence-corrected chi connectivity index (χ1v) is 20.7. The standard InChI is InChI=1S/C47H40ClF9N2O4/c1-22-4-10-31(25-5-8-30(48)9-6-25)24(3)37(22)39-41(61)45(58-42(39)62)17-14-29(47(55,56)57)21-36(45)59-43(63)38(40(60)44(59)15-12-28(13-16-44)46(52,53)54)32-18-27(20-34(50)23(32)2)26-7-11-33(49)35(51)19-26/h4-11,18-20,28-29,36,60-61H,12-17,21H2,1-3H3,(H,58,62). The fourth-order valence-electron chi connectivity index (χ4n) is 10.4. The molecule has 332 valence electrons. The van der Waals surface area contributed by atoms with Gasteiger partial charge in [-0.3, -0.25) is 9.59 Å². The van der Waals surface area contributed by atoms with E-state index in [2.05, 4.69) is 5.32 Å². The molecule has 0 radical (unpaired) electrons. The zero-order valence-electron chi connectivity index (χ0n) is 34.0. The summed E-state index contributed by atoms with van der Waals surface area (Å²) < 4.78 is 131. The first kappa shape index (κ1) is 44.2. The highest BCUT2D eigenvalue weighted by Crippen LogP contribution is 2.58. The molecule has 3 unspecified atom stereocenters. The number of aliphatic hydroxyl groups is 2. The van der Waals surface area contributed by atoms with Crippen molar-refractivity contribution in [1.82, 2.24) is 10.2 Å². The van der Waals surface area contributed by atoms with Gasteiger partial charge in [0.25, 0.3) is 11.8 Å². The molecule has 4 aliphatic rings. The summed E-state index contributed by atoms with van der Waals surface area (Å²) in [5.41, 5.74) is -3.18. The van der Waals surface area contributed by atoms with E-state index in [0.29, 0.717) is 27.3 Å². The lowest BCUT2D eigenvalue weighted by Crippen LogP contribution is -2.69. The lowest BCUT2D eigenvalue weighted by atomic mass is 9.68. The summed E-state index contributed by atoms with van der Waals surface area (Å²) in [5, 5.41) is 28.1. The van der Waals surface area contributed by atoms with Crippen LogP contribution in [0.4, 0.5) is 39.5 Å². The van der Waals surface area contributed by atoms with Crippen molar-refractivity contribution in [3.63, 3.8) is 0 Å². The average Bonchev–Trinajstić information content (AvgIpc) is 3.57. The van der Waals surface area contributed by atoms with Crippen molar-refractivity contribution in [3.05, 3.63) is 129 Å². The molecule has 2 fully saturated rings. The van der Waals surface area contributed by atoms with Crippen LogP contribution in [0.2, 0.25) is 5.02 Å². The van der Waals surface area contributed by atoms with Crippen molar-refractivity contribution < 1.29 is 59.3 Å². The molecule has 0 bridgehead atoms. The first-order valence-electron chi connectivity index (χ1n) is 20.3. The molecule has 2 amide bonds. The number of alkyl halides is 6. The minimum Gasteiger partial charge on any atom is -0.509 e. The molecular weight excluding hydrogens is 863 g/mol. The molecule has 0 aromatic heterocycles. The molecule has 2 heterocycles. The van der Waals surface area contributed by atoms with Crippen LogP contribution in [0.1, 0.15) is 72.8 Å². The second-order valence-electron chi connectivity index (χ2n) is 17.1. The third-order valence-corrected chi connectivity index (χ3v) is 14.0. The van der Waals surface area contributed by atoms with Gasteiger partial charge in [-0.15, -0.1) is 0 Å². The van der Waals surface area contributed by atoms with E-state index < -0.39 is 133 Å². The van der Waals surface area contributed by atoms with Gasteiger partial charge in [-0.25, -0.2) is 13.2 Å². The highest BCUT2D eigenvalue weighted by molar-refractivity contribution is 6.30. The van der Waals surface area contributed by atoms with Gasteiger partial charge in [-0.05, 0) is 152 Å². The number of nitrogens with zero attached hydrogens (tertiary/aromatic N) is 1. The Bertz CT molecular complexity index is 2630. The second kappa shape index (κ2) is 15.4. The Kier molecular flexibility index (Phi) is 10.8. The highest BCUT2D eigenvalue weighted by atomic mass is 35.5. The van der Waals surface area contributed by atoms with Crippen molar-refractivity contribution in [2.45, 2.75) is 95.2 Å². The molecule has 63 heavy (non-hydrogen) atoms. The van der Waals surface area contributed by atoms with Gasteiger partial charge in [0, 0.05) is 5.02 Å². The maximum Gasteiger partial charge on any atom is 0.391 e. The van der Waals surface area contributed by atoms with Crippen LogP contribution in [-0.2, 0) is 9.59 Å². The minimum absolute atomic E-state index is 0.0435. The highest BCUT2D eigenvalue weighted by Gasteiger charge is 2.66. The number of carbonyl (C=O) groups excluding carboxylic acids is 2. The summed E-state index contributed by atoms with van der Waals surface area (Å²) in [5.74, 6) is -11.0. The largest absolute Gasteiger partial charge is 0.509 e. The van der Waals surface area contributed by atoms with Crippen molar-refractivity contribution in [2.24, 2.45) is 11.8 Å². The van der Waals surface area contributed by atoms with Gasteiger partial charge in [0.2, 0.25) is 0 Å². The molecule has 0 saturated heterocycles. The van der Waals surface area contributed by atoms with E-state index >= 15 is 9.18 Å². The van der Waals surface area contributed by atoms with Crippen LogP contribution < -0.4 is 5.32 Å². The van der Waals surface area contributed by atoms with E-state index in [0.717, 1.165) is 29.2 Å². The van der Waals surface area contributed by atoms with Crippen molar-refractivity contribution >= 4 is 34.6 Å². The van der Waals surface area contributed by atoms with E-state index in [1.807, 2.05) is 0 Å². The first-order chi connectivity index (χ1) is 29.5. The van der Waals surface area contributed by atoms with E-state index in [1.165, 1.54) is 13.0 Å². The molecule has 3 atom stereocenters. The van der Waals surface area contributed by atoms with Gasteiger partial charge in [-0.2, -0.15) is 26.3 Å². The van der Waals surface area contributed by atoms with Crippen LogP contribution in [0.3, 0.4) is 0 Å². The molecule has 4 aromatic rings. The number of nitrogens with one attached hydrogen (secondary N) is 1. The predicted molar refractivity (Wildman–Crippen MR) is 218 cm³/mol. The number of amides is 2. The molecular formula is C47H40ClF9N2O4. The third kappa shape index (κ3) is 7.14. The zero-order valence-corrected chi connectivity index (χ0v) is 34.7. The summed E-state index contributed by atoms with van der Waals surface area (Å²) in [6.07, 6.45) is -14.2. The lowest BCUT2D eigenvalue weighted by molar-refractivity contribution is -0.201. The Labute approximate surface area is 361 Å². The maximum atomic E-state index is 15.9. The Morgan fingerprint density at radius 1 is 0.667 bits per heavy atom. The molecule has 2 saturated carbocycles. The molecule has 2 aliphatic carbocycles. The summed E-state index contributed by atoms with van der Waals surface area (Å²) >= 11 is 6.13. The van der Waals surface area contributed by atoms with E-state index in [1.54, 1.807) is 50.2 Å². The molecule has 2 spiro atoms. The SMILES string of the molecule is Cc1ccc(-c2ccc(Cl)cc2)c(C)c1C1=C(O)C2(CCC(C(F)(F)F)CC2N2C(=O)C(c3cc(-c4ccc(F)c(F)c4)cc(F)c3C)=C(O)C23CCC(C(F)(F)F)CC3)NC1=O. The topological polar surface area (TPSA) is 89.9 Å². The summed E-state index contributed by atoms with van der Waals surface area (Å²) in [7, 11) is 0. The summed E-state index contributed by atoms with van der Waals surface area (Å²) in [6.45, 7) is 4.61. The second-order valence-corrected chi connectivity index (χ2v) is 17.6. The Balaban J connectivity index is 1.33. The Morgan fingerprint density at radius 2 is 1.27 bits per heavy atom. The predicted octanol–water partition coefficient (Wildman–Crippen LogP) is 12.2. The number of benzene rings is 4. The molecule has 3 N–H and O–H groups in total. The number of aliphatic hydroxyl groups excluding tert-OH is 2. The van der Waals surface area contributed by atoms with Gasteiger partial charge >= 0.3 is 12.4 Å². The van der Waals surface area contributed by atoms with Crippen molar-refractivity contribution in [3.8, 4) is 22.3 Å². The van der Waals surface area contributed by atoms with Gasteiger partial charge in [0.1, 0.15) is 28.4 Å². The maximum absolute atomic E-state index is 15.9. The van der Waals surface area contributed by atoms with Crippen LogP contribution >= 0.6 is 11.6 Å². The summed E-state index contributed by atoms with van der Waals surface area (Å²) in [4.78, 5) is 30.6. The number of hydrogen-bond acceptors (Lipinski definition) is 4. The minimum atomic E-state index is -4.87. The van der Waals surface area contributed by atoms with Gasteiger partial charge < -0.3 is 20.4 Å². The number of aryl methyl sites for hydroxylation is 1. The van der Waals surface area contributed by atoms with E-state index in [-0.39, 0.29) is 33.4 Å². The monoisotopic (exact) mass is 902 g/mol. The fraction of sp³-hybridized carbons (Fsp3) is 0.362.